The Kier molecular flexibility index (Phi) is 5.08. The molecule has 8 heteroatoms. The molecule has 0 unspecified atom stereocenters. The van der Waals surface area contributed by atoms with E-state index < -0.39 is 5.97 Å². The van der Waals surface area contributed by atoms with Crippen LogP contribution in [0.1, 0.15) is 52.5 Å². The van der Waals surface area contributed by atoms with E-state index in [1.54, 1.807) is 16.3 Å². The number of rotatable bonds is 4. The number of nitrogens with one attached hydrogen (secondary N) is 1. The topological polar surface area (TPSA) is 84.7 Å². The third-order valence-corrected chi connectivity index (χ3v) is 5.32. The summed E-state index contributed by atoms with van der Waals surface area (Å²) in [5.74, 6) is 0.374. The summed E-state index contributed by atoms with van der Waals surface area (Å²) in [5.41, 5.74) is 2.31. The van der Waals surface area contributed by atoms with Crippen molar-refractivity contribution in [1.82, 2.24) is 10.1 Å². The minimum atomic E-state index is -0.452. The number of methoxy groups -OCH3 is 1. The standard InChI is InChI=1S/C17H21N3O4S/c1-4-13-14(10(2)19-24-13)12-6-5-8-20(12)17(22)18-11-7-9-25-15(11)16(21)23-3/h7,9,12H,4-6,8H2,1-3H3,(H,18,22)/t12-/m0/s1. The maximum Gasteiger partial charge on any atom is 0.350 e. The molecule has 0 spiro atoms. The Hall–Kier alpha value is -2.35. The average Bonchev–Trinajstić information content (AvgIpc) is 3.32. The lowest BCUT2D eigenvalue weighted by Gasteiger charge is -2.25. The maximum absolute atomic E-state index is 12.8. The zero-order chi connectivity index (χ0) is 18.0. The maximum atomic E-state index is 12.8. The van der Waals surface area contributed by atoms with Gasteiger partial charge in [0.25, 0.3) is 0 Å². The number of urea groups is 1. The van der Waals surface area contributed by atoms with Gasteiger partial charge < -0.3 is 19.5 Å². The predicted octanol–water partition coefficient (Wildman–Crippen LogP) is 3.76. The van der Waals surface area contributed by atoms with E-state index in [1.165, 1.54) is 18.4 Å². The highest BCUT2D eigenvalue weighted by molar-refractivity contribution is 7.12. The highest BCUT2D eigenvalue weighted by atomic mass is 32.1. The first-order chi connectivity index (χ1) is 12.1. The van der Waals surface area contributed by atoms with Crippen LogP contribution in [0.15, 0.2) is 16.0 Å². The van der Waals surface area contributed by atoms with Crippen LogP contribution >= 0.6 is 11.3 Å². The monoisotopic (exact) mass is 363 g/mol. The lowest BCUT2D eigenvalue weighted by Crippen LogP contribution is -2.35. The van der Waals surface area contributed by atoms with E-state index in [9.17, 15) is 9.59 Å². The molecule has 2 aromatic rings. The van der Waals surface area contributed by atoms with Gasteiger partial charge in [-0.1, -0.05) is 12.1 Å². The van der Waals surface area contributed by atoms with Crippen LogP contribution in [0.2, 0.25) is 0 Å². The number of amides is 2. The number of hydrogen-bond acceptors (Lipinski definition) is 6. The van der Waals surface area contributed by atoms with E-state index in [2.05, 4.69) is 10.5 Å². The Morgan fingerprint density at radius 3 is 3.04 bits per heavy atom. The number of ether oxygens (including phenoxy) is 1. The summed E-state index contributed by atoms with van der Waals surface area (Å²) in [4.78, 5) is 26.8. The molecule has 2 amide bonds. The van der Waals surface area contributed by atoms with E-state index in [0.29, 0.717) is 17.1 Å². The van der Waals surface area contributed by atoms with E-state index >= 15 is 0 Å². The summed E-state index contributed by atoms with van der Waals surface area (Å²) in [7, 11) is 1.32. The highest BCUT2D eigenvalue weighted by Gasteiger charge is 2.34. The van der Waals surface area contributed by atoms with Crippen molar-refractivity contribution in [2.24, 2.45) is 0 Å². The van der Waals surface area contributed by atoms with Gasteiger partial charge >= 0.3 is 12.0 Å². The Morgan fingerprint density at radius 1 is 1.52 bits per heavy atom. The summed E-state index contributed by atoms with van der Waals surface area (Å²) < 4.78 is 10.1. The summed E-state index contributed by atoms with van der Waals surface area (Å²) in [6, 6.07) is 1.43. The van der Waals surface area contributed by atoms with Crippen molar-refractivity contribution in [2.75, 3.05) is 19.0 Å². The van der Waals surface area contributed by atoms with Crippen molar-refractivity contribution in [1.29, 1.82) is 0 Å². The highest BCUT2D eigenvalue weighted by Crippen LogP contribution is 2.36. The van der Waals surface area contributed by atoms with Gasteiger partial charge in [0.1, 0.15) is 10.6 Å². The fourth-order valence-corrected chi connectivity index (χ4v) is 4.03. The lowest BCUT2D eigenvalue weighted by molar-refractivity contribution is 0.0607. The first-order valence-electron chi connectivity index (χ1n) is 8.25. The number of carbonyl (C=O) groups is 2. The van der Waals surface area contributed by atoms with E-state index in [-0.39, 0.29) is 12.1 Å². The molecule has 0 bridgehead atoms. The van der Waals surface area contributed by atoms with Gasteiger partial charge in [-0.25, -0.2) is 9.59 Å². The van der Waals surface area contributed by atoms with Crippen LogP contribution in [0.4, 0.5) is 10.5 Å². The number of esters is 1. The molecule has 1 atom stereocenters. The Labute approximate surface area is 149 Å². The van der Waals surface area contributed by atoms with Crippen molar-refractivity contribution in [2.45, 2.75) is 39.2 Å². The molecule has 1 N–H and O–H groups in total. The molecule has 0 aliphatic carbocycles. The molecule has 25 heavy (non-hydrogen) atoms. The summed E-state index contributed by atoms with van der Waals surface area (Å²) in [6.07, 6.45) is 2.52. The van der Waals surface area contributed by atoms with Gasteiger partial charge in [0.05, 0.1) is 24.5 Å². The predicted molar refractivity (Wildman–Crippen MR) is 94.0 cm³/mol. The molecular formula is C17H21N3O4S. The molecule has 1 fully saturated rings. The van der Waals surface area contributed by atoms with Gasteiger partial charge in [-0.3, -0.25) is 0 Å². The van der Waals surface area contributed by atoms with E-state index in [1.807, 2.05) is 13.8 Å². The van der Waals surface area contributed by atoms with Gasteiger partial charge in [0.15, 0.2) is 0 Å². The molecule has 2 aromatic heterocycles. The van der Waals surface area contributed by atoms with Crippen LogP contribution in [0.25, 0.3) is 0 Å². The number of anilines is 1. The minimum Gasteiger partial charge on any atom is -0.465 e. The van der Waals surface area contributed by atoms with Crippen LogP contribution in [0.3, 0.4) is 0 Å². The van der Waals surface area contributed by atoms with Crippen LogP contribution in [0.5, 0.6) is 0 Å². The largest absolute Gasteiger partial charge is 0.465 e. The molecule has 0 saturated carbocycles. The first kappa shape index (κ1) is 17.5. The molecule has 0 aromatic carbocycles. The van der Waals surface area contributed by atoms with Crippen LogP contribution in [-0.2, 0) is 11.2 Å². The number of hydrogen-bond donors (Lipinski definition) is 1. The second-order valence-corrected chi connectivity index (χ2v) is 6.81. The average molecular weight is 363 g/mol. The quantitative estimate of drug-likeness (QED) is 0.836. The fourth-order valence-electron chi connectivity index (χ4n) is 3.26. The summed E-state index contributed by atoms with van der Waals surface area (Å²) in [5, 5.41) is 8.65. The number of aryl methyl sites for hydroxylation is 2. The number of carbonyl (C=O) groups excluding carboxylic acids is 2. The van der Waals surface area contributed by atoms with Crippen LogP contribution in [0, 0.1) is 6.92 Å². The summed E-state index contributed by atoms with van der Waals surface area (Å²) in [6.45, 7) is 4.57. The number of thiophene rings is 1. The first-order valence-corrected chi connectivity index (χ1v) is 9.13. The van der Waals surface area contributed by atoms with Gasteiger partial charge in [0, 0.05) is 18.5 Å². The molecule has 1 aliphatic heterocycles. The number of aromatic nitrogens is 1. The molecule has 3 rings (SSSR count). The zero-order valence-corrected chi connectivity index (χ0v) is 15.3. The lowest BCUT2D eigenvalue weighted by atomic mass is 10.0. The van der Waals surface area contributed by atoms with Crippen molar-refractivity contribution in [3.05, 3.63) is 33.3 Å². The number of nitrogens with zero attached hydrogens (tertiary/aromatic N) is 2. The van der Waals surface area contributed by atoms with Gasteiger partial charge in [0.2, 0.25) is 0 Å². The molecule has 1 saturated heterocycles. The molecule has 134 valence electrons. The van der Waals surface area contributed by atoms with E-state index in [4.69, 9.17) is 9.26 Å². The Bertz CT molecular complexity index is 783. The zero-order valence-electron chi connectivity index (χ0n) is 14.5. The third kappa shape index (κ3) is 3.26. The van der Waals surface area contributed by atoms with Crippen molar-refractivity contribution in [3.63, 3.8) is 0 Å². The van der Waals surface area contributed by atoms with E-state index in [0.717, 1.165) is 36.3 Å². The second kappa shape index (κ2) is 7.26. The molecule has 7 nitrogen and oxygen atoms in total. The third-order valence-electron chi connectivity index (χ3n) is 4.43. The SMILES string of the molecule is CCc1onc(C)c1[C@@H]1CCCN1C(=O)Nc1ccsc1C(=O)OC. The minimum absolute atomic E-state index is 0.0542. The van der Waals surface area contributed by atoms with Crippen molar-refractivity contribution >= 4 is 29.0 Å². The van der Waals surface area contributed by atoms with Crippen LogP contribution in [-0.4, -0.2) is 35.7 Å². The van der Waals surface area contributed by atoms with Gasteiger partial charge in [-0.15, -0.1) is 11.3 Å². The van der Waals surface area contributed by atoms with Crippen molar-refractivity contribution in [3.8, 4) is 0 Å². The molecule has 3 heterocycles. The molecule has 1 aliphatic rings. The molecule has 0 radical (unpaired) electrons. The Balaban J connectivity index is 1.81. The Morgan fingerprint density at radius 2 is 2.32 bits per heavy atom. The van der Waals surface area contributed by atoms with Crippen LogP contribution < -0.4 is 5.32 Å². The smallest absolute Gasteiger partial charge is 0.350 e. The van der Waals surface area contributed by atoms with Gasteiger partial charge in [-0.05, 0) is 31.2 Å². The summed E-state index contributed by atoms with van der Waals surface area (Å²) >= 11 is 1.24. The number of likely N-dealkylation sites (tertiary alicyclic amines) is 1. The fraction of sp³-hybridized carbons (Fsp3) is 0.471. The molecular weight excluding hydrogens is 342 g/mol. The normalized spacial score (nSPS) is 16.9. The van der Waals surface area contributed by atoms with Gasteiger partial charge in [-0.2, -0.15) is 0 Å². The van der Waals surface area contributed by atoms with Crippen molar-refractivity contribution < 1.29 is 18.8 Å². The second-order valence-electron chi connectivity index (χ2n) is 5.89.